The summed E-state index contributed by atoms with van der Waals surface area (Å²) in [4.78, 5) is 11.1. The Labute approximate surface area is 70.6 Å². The molecular weight excluding hydrogens is 154 g/mol. The van der Waals surface area contributed by atoms with Gasteiger partial charge in [-0.15, -0.1) is 0 Å². The summed E-state index contributed by atoms with van der Waals surface area (Å²) in [7, 11) is 0. The summed E-state index contributed by atoms with van der Waals surface area (Å²) in [6, 6.07) is 5.15. The van der Waals surface area contributed by atoms with Crippen LogP contribution < -0.4 is 0 Å². The molecule has 0 bridgehead atoms. The molecule has 1 heterocycles. The fourth-order valence-electron chi connectivity index (χ4n) is 0.877. The molecule has 0 aliphatic rings. The van der Waals surface area contributed by atoms with Crippen molar-refractivity contribution in [2.24, 2.45) is 0 Å². The minimum atomic E-state index is -0.253. The van der Waals surface area contributed by atoms with E-state index in [1.165, 1.54) is 0 Å². The minimum absolute atomic E-state index is 0.114. The smallest absolute Gasteiger partial charge is 0.211 e. The van der Waals surface area contributed by atoms with Crippen molar-refractivity contribution in [1.82, 2.24) is 0 Å². The van der Waals surface area contributed by atoms with Crippen LogP contribution in [0, 0.1) is 11.3 Å². The van der Waals surface area contributed by atoms with Gasteiger partial charge in [-0.1, -0.05) is 6.92 Å². The van der Waals surface area contributed by atoms with Gasteiger partial charge in [0.1, 0.15) is 12.2 Å². The lowest BCUT2D eigenvalue weighted by Crippen LogP contribution is -1.93. The Morgan fingerprint density at radius 1 is 1.67 bits per heavy atom. The summed E-state index contributed by atoms with van der Waals surface area (Å²) in [6.07, 6.45) is 0.649. The van der Waals surface area contributed by atoms with E-state index in [4.69, 9.17) is 9.68 Å². The van der Waals surface area contributed by atoms with Gasteiger partial charge in [0.05, 0.1) is 6.07 Å². The first-order chi connectivity index (χ1) is 5.77. The zero-order chi connectivity index (χ0) is 8.97. The van der Waals surface area contributed by atoms with E-state index in [-0.39, 0.29) is 18.0 Å². The van der Waals surface area contributed by atoms with Gasteiger partial charge in [0.15, 0.2) is 5.76 Å². The van der Waals surface area contributed by atoms with E-state index in [9.17, 15) is 4.79 Å². The van der Waals surface area contributed by atoms with Crippen LogP contribution in [0.5, 0.6) is 0 Å². The van der Waals surface area contributed by atoms with Crippen molar-refractivity contribution in [1.29, 1.82) is 5.26 Å². The zero-order valence-corrected chi connectivity index (χ0v) is 6.83. The molecule has 62 valence electrons. The fraction of sp³-hybridized carbons (Fsp3) is 0.333. The first kappa shape index (κ1) is 8.54. The number of hydrogen-bond acceptors (Lipinski definition) is 3. The number of ketones is 1. The third-order valence-electron chi connectivity index (χ3n) is 1.52. The summed E-state index contributed by atoms with van der Waals surface area (Å²) in [5.41, 5.74) is 0. The van der Waals surface area contributed by atoms with Gasteiger partial charge in [-0.05, 0) is 12.1 Å². The molecule has 1 aromatic rings. The predicted octanol–water partition coefficient (Wildman–Crippen LogP) is 1.94. The quantitative estimate of drug-likeness (QED) is 0.640. The molecule has 1 rings (SSSR count). The molecule has 0 fully saturated rings. The lowest BCUT2D eigenvalue weighted by Gasteiger charge is -1.88. The van der Waals surface area contributed by atoms with Crippen LogP contribution in [0.3, 0.4) is 0 Å². The summed E-state index contributed by atoms with van der Waals surface area (Å²) in [5.74, 6) is 0.807. The molecule has 0 aromatic carbocycles. The largest absolute Gasteiger partial charge is 0.458 e. The van der Waals surface area contributed by atoms with Crippen LogP contribution in [0.15, 0.2) is 16.5 Å². The Hall–Kier alpha value is -1.56. The molecular formula is C9H9NO2. The topological polar surface area (TPSA) is 54.0 Å². The van der Waals surface area contributed by atoms with Crippen molar-refractivity contribution < 1.29 is 9.21 Å². The monoisotopic (exact) mass is 163 g/mol. The van der Waals surface area contributed by atoms with Crippen molar-refractivity contribution in [2.45, 2.75) is 19.8 Å². The van der Waals surface area contributed by atoms with Crippen LogP contribution in [0.25, 0.3) is 0 Å². The SMILES string of the molecule is CCc1ccc(C(=O)CC#N)o1. The number of Topliss-reactive ketones (excluding diaryl/α,β-unsaturated/α-hetero) is 1. The Morgan fingerprint density at radius 3 is 2.92 bits per heavy atom. The van der Waals surface area contributed by atoms with E-state index in [1.807, 2.05) is 6.92 Å². The van der Waals surface area contributed by atoms with Gasteiger partial charge in [-0.3, -0.25) is 4.79 Å². The lowest BCUT2D eigenvalue weighted by molar-refractivity contribution is 0.0969. The van der Waals surface area contributed by atoms with Gasteiger partial charge in [0, 0.05) is 6.42 Å². The normalized spacial score (nSPS) is 9.33. The second-order valence-electron chi connectivity index (χ2n) is 2.38. The number of carbonyl (C=O) groups is 1. The van der Waals surface area contributed by atoms with Crippen LogP contribution >= 0.6 is 0 Å². The maximum atomic E-state index is 11.1. The zero-order valence-electron chi connectivity index (χ0n) is 6.83. The number of nitrogens with zero attached hydrogens (tertiary/aromatic N) is 1. The van der Waals surface area contributed by atoms with Gasteiger partial charge >= 0.3 is 0 Å². The van der Waals surface area contributed by atoms with Crippen LogP contribution in [0.1, 0.15) is 29.7 Å². The van der Waals surface area contributed by atoms with Crippen molar-refractivity contribution in [3.8, 4) is 6.07 Å². The highest BCUT2D eigenvalue weighted by atomic mass is 16.3. The van der Waals surface area contributed by atoms with E-state index in [0.717, 1.165) is 12.2 Å². The van der Waals surface area contributed by atoms with Gasteiger partial charge in [0.2, 0.25) is 5.78 Å². The summed E-state index contributed by atoms with van der Waals surface area (Å²) in [5, 5.41) is 8.25. The van der Waals surface area contributed by atoms with E-state index in [1.54, 1.807) is 18.2 Å². The average Bonchev–Trinajstić information content (AvgIpc) is 2.52. The van der Waals surface area contributed by atoms with Crippen LogP contribution in [0.4, 0.5) is 0 Å². The highest BCUT2D eigenvalue weighted by molar-refractivity contribution is 5.94. The lowest BCUT2D eigenvalue weighted by atomic mass is 10.2. The molecule has 0 atom stereocenters. The number of carbonyl (C=O) groups excluding carboxylic acids is 1. The Morgan fingerprint density at radius 2 is 2.42 bits per heavy atom. The number of nitriles is 1. The molecule has 0 unspecified atom stereocenters. The first-order valence-corrected chi connectivity index (χ1v) is 3.76. The second kappa shape index (κ2) is 3.72. The summed E-state index contributed by atoms with van der Waals surface area (Å²) < 4.78 is 5.15. The van der Waals surface area contributed by atoms with Gasteiger partial charge in [-0.25, -0.2) is 0 Å². The number of rotatable bonds is 3. The molecule has 0 amide bonds. The van der Waals surface area contributed by atoms with Crippen molar-refractivity contribution in [3.05, 3.63) is 23.7 Å². The van der Waals surface area contributed by atoms with Crippen LogP contribution in [0.2, 0.25) is 0 Å². The summed E-state index contributed by atoms with van der Waals surface area (Å²) in [6.45, 7) is 1.94. The third-order valence-corrected chi connectivity index (χ3v) is 1.52. The molecule has 0 saturated heterocycles. The predicted molar refractivity (Wildman–Crippen MR) is 42.6 cm³/mol. The first-order valence-electron chi connectivity index (χ1n) is 3.76. The highest BCUT2D eigenvalue weighted by Gasteiger charge is 2.09. The fourth-order valence-corrected chi connectivity index (χ4v) is 0.877. The van der Waals surface area contributed by atoms with Gasteiger partial charge < -0.3 is 4.42 Å². The van der Waals surface area contributed by atoms with E-state index < -0.39 is 0 Å². The molecule has 0 aliphatic heterocycles. The Bertz CT molecular complexity index is 320. The maximum absolute atomic E-state index is 11.1. The molecule has 12 heavy (non-hydrogen) atoms. The van der Waals surface area contributed by atoms with Crippen LogP contribution in [-0.4, -0.2) is 5.78 Å². The number of hydrogen-bond donors (Lipinski definition) is 0. The second-order valence-corrected chi connectivity index (χ2v) is 2.38. The molecule has 0 saturated carbocycles. The molecule has 0 aliphatic carbocycles. The van der Waals surface area contributed by atoms with Crippen LogP contribution in [-0.2, 0) is 6.42 Å². The third kappa shape index (κ3) is 1.73. The van der Waals surface area contributed by atoms with Gasteiger partial charge in [0.25, 0.3) is 0 Å². The molecule has 0 radical (unpaired) electrons. The van der Waals surface area contributed by atoms with E-state index in [0.29, 0.717) is 0 Å². The Kier molecular flexibility index (Phi) is 2.65. The standard InChI is InChI=1S/C9H9NO2/c1-2-7-3-4-9(12-7)8(11)5-6-10/h3-4H,2,5H2,1H3. The molecule has 0 spiro atoms. The maximum Gasteiger partial charge on any atom is 0.211 e. The minimum Gasteiger partial charge on any atom is -0.458 e. The van der Waals surface area contributed by atoms with E-state index >= 15 is 0 Å². The highest BCUT2D eigenvalue weighted by Crippen LogP contribution is 2.09. The molecule has 0 N–H and O–H groups in total. The number of aryl methyl sites for hydroxylation is 1. The van der Waals surface area contributed by atoms with Crippen molar-refractivity contribution >= 4 is 5.78 Å². The molecule has 3 nitrogen and oxygen atoms in total. The van der Waals surface area contributed by atoms with Gasteiger partial charge in [-0.2, -0.15) is 5.26 Å². The summed E-state index contributed by atoms with van der Waals surface area (Å²) >= 11 is 0. The van der Waals surface area contributed by atoms with Crippen molar-refractivity contribution in [3.63, 3.8) is 0 Å². The number of furan rings is 1. The average molecular weight is 163 g/mol. The Balaban J connectivity index is 2.76. The molecule has 1 aromatic heterocycles. The van der Waals surface area contributed by atoms with Crippen molar-refractivity contribution in [2.75, 3.05) is 0 Å². The van der Waals surface area contributed by atoms with E-state index in [2.05, 4.69) is 0 Å². The molecule has 3 heteroatoms.